The van der Waals surface area contributed by atoms with Crippen LogP contribution >= 0.6 is 22.9 Å². The molecule has 0 fully saturated rings. The van der Waals surface area contributed by atoms with E-state index in [2.05, 4.69) is 25.8 Å². The number of nitrogens with zero attached hydrogens (tertiary/aromatic N) is 5. The molecule has 10 heteroatoms. The zero-order chi connectivity index (χ0) is 17.4. The molecule has 3 aromatic rings. The third-order valence-corrected chi connectivity index (χ3v) is 5.37. The molecule has 0 radical (unpaired) electrons. The molecule has 0 saturated carbocycles. The lowest BCUT2D eigenvalue weighted by atomic mass is 9.94. The molecule has 1 unspecified atom stereocenters. The number of amides is 1. The number of halogens is 1. The van der Waals surface area contributed by atoms with E-state index in [1.165, 1.54) is 9.56 Å². The largest absolute Gasteiger partial charge is 0.344 e. The summed E-state index contributed by atoms with van der Waals surface area (Å²) in [6, 6.07) is 1.91. The molecule has 4 rings (SSSR count). The molecule has 0 aliphatic heterocycles. The van der Waals surface area contributed by atoms with Crippen LogP contribution in [0, 0.1) is 6.92 Å². The van der Waals surface area contributed by atoms with Crippen molar-refractivity contribution in [2.24, 2.45) is 0 Å². The van der Waals surface area contributed by atoms with E-state index >= 15 is 0 Å². The van der Waals surface area contributed by atoms with Gasteiger partial charge in [0.2, 0.25) is 5.89 Å². The Bertz CT molecular complexity index is 917. The van der Waals surface area contributed by atoms with Crippen LogP contribution in [0.5, 0.6) is 0 Å². The summed E-state index contributed by atoms with van der Waals surface area (Å²) >= 11 is 7.70. The Morgan fingerprint density at radius 2 is 2.44 bits per heavy atom. The highest BCUT2D eigenvalue weighted by Crippen LogP contribution is 2.37. The standard InChI is InChI=1S/C15H15ClN6O2S/c1-8-17-14(20-24-8)7-22-6-11(19-21-22)15(23)18-10-3-2-4-12-9(10)5-13(16)25-12/h5-6,10H,2-4,7H2,1H3,(H,18,23). The van der Waals surface area contributed by atoms with Crippen molar-refractivity contribution in [3.8, 4) is 0 Å². The molecule has 1 aliphatic rings. The molecule has 8 nitrogen and oxygen atoms in total. The van der Waals surface area contributed by atoms with Crippen LogP contribution < -0.4 is 5.32 Å². The maximum absolute atomic E-state index is 12.5. The molecule has 0 saturated heterocycles. The van der Waals surface area contributed by atoms with E-state index in [1.807, 2.05) is 6.07 Å². The van der Waals surface area contributed by atoms with Gasteiger partial charge in [-0.3, -0.25) is 4.79 Å². The van der Waals surface area contributed by atoms with Gasteiger partial charge in [0.1, 0.15) is 6.54 Å². The number of hydrogen-bond donors (Lipinski definition) is 1. The fourth-order valence-electron chi connectivity index (χ4n) is 2.93. The minimum atomic E-state index is -0.254. The lowest BCUT2D eigenvalue weighted by Crippen LogP contribution is -2.30. The fourth-order valence-corrected chi connectivity index (χ4v) is 4.32. The van der Waals surface area contributed by atoms with E-state index in [1.54, 1.807) is 24.5 Å². The van der Waals surface area contributed by atoms with Gasteiger partial charge in [-0.2, -0.15) is 4.98 Å². The van der Waals surface area contributed by atoms with Crippen LogP contribution in [0.4, 0.5) is 0 Å². The monoisotopic (exact) mass is 378 g/mol. The summed E-state index contributed by atoms with van der Waals surface area (Å²) in [6.07, 6.45) is 4.51. The predicted octanol–water partition coefficient (Wildman–Crippen LogP) is 2.54. The normalized spacial score (nSPS) is 16.6. The molecule has 0 spiro atoms. The number of rotatable bonds is 4. The molecule has 1 N–H and O–H groups in total. The van der Waals surface area contributed by atoms with Crippen molar-refractivity contribution in [1.29, 1.82) is 0 Å². The summed E-state index contributed by atoms with van der Waals surface area (Å²) in [6.45, 7) is 2.01. The first-order valence-electron chi connectivity index (χ1n) is 7.87. The highest BCUT2D eigenvalue weighted by Gasteiger charge is 2.25. The van der Waals surface area contributed by atoms with Crippen molar-refractivity contribution < 1.29 is 9.32 Å². The number of aromatic nitrogens is 5. The van der Waals surface area contributed by atoms with E-state index in [0.29, 0.717) is 18.3 Å². The first-order chi connectivity index (χ1) is 12.1. The second-order valence-corrected chi connectivity index (χ2v) is 7.65. The summed E-state index contributed by atoms with van der Waals surface area (Å²) in [5, 5.41) is 14.7. The van der Waals surface area contributed by atoms with Crippen molar-refractivity contribution in [1.82, 2.24) is 30.5 Å². The number of thiophene rings is 1. The molecule has 25 heavy (non-hydrogen) atoms. The smallest absolute Gasteiger partial charge is 0.273 e. The summed E-state index contributed by atoms with van der Waals surface area (Å²) in [4.78, 5) is 17.8. The highest BCUT2D eigenvalue weighted by atomic mass is 35.5. The van der Waals surface area contributed by atoms with Gasteiger partial charge in [0.05, 0.1) is 16.6 Å². The zero-order valence-electron chi connectivity index (χ0n) is 13.4. The lowest BCUT2D eigenvalue weighted by Gasteiger charge is -2.23. The Morgan fingerprint density at radius 3 is 3.24 bits per heavy atom. The molecule has 0 bridgehead atoms. The van der Waals surface area contributed by atoms with Gasteiger partial charge in [-0.05, 0) is 30.9 Å². The molecule has 130 valence electrons. The van der Waals surface area contributed by atoms with E-state index in [-0.39, 0.29) is 17.6 Å². The Morgan fingerprint density at radius 1 is 1.56 bits per heavy atom. The third-order valence-electron chi connectivity index (χ3n) is 4.03. The van der Waals surface area contributed by atoms with Crippen LogP contribution in [0.2, 0.25) is 4.34 Å². The first kappa shape index (κ1) is 16.2. The average molecular weight is 379 g/mol. The molecule has 3 aromatic heterocycles. The molecule has 3 heterocycles. The number of aryl methyl sites for hydroxylation is 2. The Labute approximate surface area is 152 Å². The molecule has 1 amide bonds. The number of nitrogens with one attached hydrogen (secondary N) is 1. The van der Waals surface area contributed by atoms with Crippen LogP contribution in [0.25, 0.3) is 0 Å². The third kappa shape index (κ3) is 3.42. The summed E-state index contributed by atoms with van der Waals surface area (Å²) in [7, 11) is 0. The number of hydrogen-bond acceptors (Lipinski definition) is 7. The van der Waals surface area contributed by atoms with Crippen molar-refractivity contribution in [2.75, 3.05) is 0 Å². The van der Waals surface area contributed by atoms with Gasteiger partial charge in [0.15, 0.2) is 11.5 Å². The Kier molecular flexibility index (Phi) is 4.26. The van der Waals surface area contributed by atoms with Crippen LogP contribution in [0.3, 0.4) is 0 Å². The summed E-state index contributed by atoms with van der Waals surface area (Å²) in [5.41, 5.74) is 1.37. The first-order valence-corrected chi connectivity index (χ1v) is 9.06. The number of carbonyl (C=O) groups excluding carboxylic acids is 1. The van der Waals surface area contributed by atoms with Crippen molar-refractivity contribution in [3.05, 3.63) is 44.4 Å². The van der Waals surface area contributed by atoms with E-state index in [4.69, 9.17) is 16.1 Å². The maximum atomic E-state index is 12.5. The number of carbonyl (C=O) groups is 1. The van der Waals surface area contributed by atoms with Crippen LogP contribution in [0.15, 0.2) is 16.8 Å². The maximum Gasteiger partial charge on any atom is 0.273 e. The minimum absolute atomic E-state index is 0.0370. The van der Waals surface area contributed by atoms with Gasteiger partial charge >= 0.3 is 0 Å². The van der Waals surface area contributed by atoms with Crippen molar-refractivity contribution in [3.63, 3.8) is 0 Å². The van der Waals surface area contributed by atoms with E-state index < -0.39 is 0 Å². The average Bonchev–Trinajstić information content (AvgIpc) is 3.28. The Hall–Kier alpha value is -2.26. The van der Waals surface area contributed by atoms with Crippen molar-refractivity contribution in [2.45, 2.75) is 38.8 Å². The second-order valence-electron chi connectivity index (χ2n) is 5.88. The number of fused-ring (bicyclic) bond motifs is 1. The lowest BCUT2D eigenvalue weighted by molar-refractivity contribution is 0.0927. The Balaban J connectivity index is 1.45. The van der Waals surface area contributed by atoms with Crippen LogP contribution in [-0.4, -0.2) is 31.0 Å². The summed E-state index contributed by atoms with van der Waals surface area (Å²) < 4.78 is 7.18. The van der Waals surface area contributed by atoms with Crippen LogP contribution in [0.1, 0.15) is 51.5 Å². The highest BCUT2D eigenvalue weighted by molar-refractivity contribution is 7.16. The van der Waals surface area contributed by atoms with Crippen LogP contribution in [-0.2, 0) is 13.0 Å². The molecule has 0 aromatic carbocycles. The van der Waals surface area contributed by atoms with Crippen molar-refractivity contribution >= 4 is 28.8 Å². The van der Waals surface area contributed by atoms with Gasteiger partial charge in [-0.25, -0.2) is 4.68 Å². The van der Waals surface area contributed by atoms with E-state index in [0.717, 1.165) is 29.2 Å². The van der Waals surface area contributed by atoms with Gasteiger partial charge in [0.25, 0.3) is 5.91 Å². The fraction of sp³-hybridized carbons (Fsp3) is 0.400. The zero-order valence-corrected chi connectivity index (χ0v) is 15.0. The molecule has 1 atom stereocenters. The predicted molar refractivity (Wildman–Crippen MR) is 90.6 cm³/mol. The van der Waals surface area contributed by atoms with Gasteiger partial charge in [-0.15, -0.1) is 16.4 Å². The van der Waals surface area contributed by atoms with Gasteiger partial charge in [-0.1, -0.05) is 22.0 Å². The second kappa shape index (κ2) is 6.57. The van der Waals surface area contributed by atoms with Gasteiger partial charge < -0.3 is 9.84 Å². The quantitative estimate of drug-likeness (QED) is 0.749. The SMILES string of the molecule is Cc1nc(Cn2cc(C(=O)NC3CCCc4sc(Cl)cc43)nn2)no1. The summed E-state index contributed by atoms with van der Waals surface area (Å²) in [5.74, 6) is 0.713. The van der Waals surface area contributed by atoms with E-state index in [9.17, 15) is 4.79 Å². The molecular formula is C15H15ClN6O2S. The topological polar surface area (TPSA) is 98.7 Å². The minimum Gasteiger partial charge on any atom is -0.344 e. The van der Waals surface area contributed by atoms with Gasteiger partial charge in [0, 0.05) is 11.8 Å². The molecular weight excluding hydrogens is 364 g/mol. The molecule has 1 aliphatic carbocycles.